The molecule has 0 aromatic carbocycles. The predicted octanol–water partition coefficient (Wildman–Crippen LogP) is -0.0957. The van der Waals surface area contributed by atoms with Crippen molar-refractivity contribution in [1.82, 2.24) is 4.90 Å². The quantitative estimate of drug-likeness (QED) is 0.558. The molecule has 21 heavy (non-hydrogen) atoms. The molecule has 8 nitrogen and oxygen atoms in total. The number of carbonyl (C=O) groups excluding carboxylic acids is 2. The van der Waals surface area contributed by atoms with Gasteiger partial charge in [0.15, 0.2) is 0 Å². The van der Waals surface area contributed by atoms with Crippen molar-refractivity contribution < 1.29 is 33.7 Å². The number of aliphatic carboxylic acids is 1. The Morgan fingerprint density at radius 2 is 1.71 bits per heavy atom. The first-order valence-corrected chi connectivity index (χ1v) is 6.49. The second-order valence-corrected chi connectivity index (χ2v) is 4.90. The van der Waals surface area contributed by atoms with Crippen LogP contribution in [0.25, 0.3) is 0 Å². The highest BCUT2D eigenvalue weighted by molar-refractivity contribution is 5.81. The minimum Gasteiger partial charge on any atom is -0.478 e. The third-order valence-electron chi connectivity index (χ3n) is 2.56. The molecule has 0 unspecified atom stereocenters. The van der Waals surface area contributed by atoms with Crippen LogP contribution in [0, 0.1) is 0 Å². The van der Waals surface area contributed by atoms with Crippen LogP contribution in [0.3, 0.4) is 0 Å². The molecular weight excluding hydrogens is 282 g/mol. The number of nitrogens with zero attached hydrogens (tertiary/aromatic N) is 1. The maximum absolute atomic E-state index is 11.8. The molecule has 122 valence electrons. The Balaban J connectivity index is 4.40. The predicted molar refractivity (Wildman–Crippen MR) is 72.8 cm³/mol. The molecule has 0 aromatic heterocycles. The Labute approximate surface area is 123 Å². The van der Waals surface area contributed by atoms with Gasteiger partial charge in [-0.15, -0.1) is 0 Å². The van der Waals surface area contributed by atoms with Gasteiger partial charge in [-0.1, -0.05) is 0 Å². The minimum absolute atomic E-state index is 0.110. The first-order chi connectivity index (χ1) is 9.69. The number of hydrogen-bond donors (Lipinski definition) is 1. The molecule has 0 aliphatic carbocycles. The molecule has 0 saturated heterocycles. The van der Waals surface area contributed by atoms with Crippen LogP contribution in [-0.2, 0) is 28.6 Å². The summed E-state index contributed by atoms with van der Waals surface area (Å²) < 4.78 is 14.6. The van der Waals surface area contributed by atoms with E-state index in [2.05, 4.69) is 0 Å². The molecule has 8 heteroatoms. The summed E-state index contributed by atoms with van der Waals surface area (Å²) in [4.78, 5) is 35.0. The Morgan fingerprint density at radius 3 is 2.19 bits per heavy atom. The fourth-order valence-corrected chi connectivity index (χ4v) is 1.35. The highest BCUT2D eigenvalue weighted by Crippen LogP contribution is 2.09. The van der Waals surface area contributed by atoms with Crippen molar-refractivity contribution in [3.63, 3.8) is 0 Å². The number of carboxylic acids is 1. The molecule has 0 rings (SSSR count). The monoisotopic (exact) mass is 305 g/mol. The SMILES string of the molecule is COCCN(CCOC(C)=O)CC(=O)OC(C)(C)C(=O)O. The second kappa shape index (κ2) is 9.30. The van der Waals surface area contributed by atoms with E-state index < -0.39 is 23.5 Å². The molecule has 0 aliphatic rings. The first-order valence-electron chi connectivity index (χ1n) is 6.49. The smallest absolute Gasteiger partial charge is 0.347 e. The van der Waals surface area contributed by atoms with E-state index >= 15 is 0 Å². The van der Waals surface area contributed by atoms with E-state index in [0.29, 0.717) is 19.7 Å². The molecule has 0 bridgehead atoms. The van der Waals surface area contributed by atoms with E-state index in [-0.39, 0.29) is 13.2 Å². The van der Waals surface area contributed by atoms with Crippen molar-refractivity contribution in [2.24, 2.45) is 0 Å². The molecule has 0 atom stereocenters. The molecule has 0 fully saturated rings. The molecule has 0 spiro atoms. The van der Waals surface area contributed by atoms with Gasteiger partial charge in [0, 0.05) is 27.1 Å². The number of carbonyl (C=O) groups is 3. The minimum atomic E-state index is -1.58. The molecule has 1 N–H and O–H groups in total. The van der Waals surface area contributed by atoms with Crippen molar-refractivity contribution in [2.45, 2.75) is 26.4 Å². The van der Waals surface area contributed by atoms with Gasteiger partial charge in [0.2, 0.25) is 5.60 Å². The van der Waals surface area contributed by atoms with Crippen molar-refractivity contribution in [3.05, 3.63) is 0 Å². The number of carboxylic acid groups (broad SMARTS) is 1. The fourth-order valence-electron chi connectivity index (χ4n) is 1.35. The first kappa shape index (κ1) is 19.3. The van der Waals surface area contributed by atoms with E-state index in [1.165, 1.54) is 27.9 Å². The molecule has 0 heterocycles. The highest BCUT2D eigenvalue weighted by Gasteiger charge is 2.32. The summed E-state index contributed by atoms with van der Waals surface area (Å²) in [7, 11) is 1.52. The summed E-state index contributed by atoms with van der Waals surface area (Å²) in [5.74, 6) is -2.29. The van der Waals surface area contributed by atoms with E-state index in [0.717, 1.165) is 0 Å². The second-order valence-electron chi connectivity index (χ2n) is 4.90. The van der Waals surface area contributed by atoms with Gasteiger partial charge in [0.05, 0.1) is 13.2 Å². The number of esters is 2. The lowest BCUT2D eigenvalue weighted by Gasteiger charge is -2.24. The summed E-state index contributed by atoms with van der Waals surface area (Å²) in [5, 5.41) is 8.90. The zero-order valence-electron chi connectivity index (χ0n) is 12.9. The van der Waals surface area contributed by atoms with E-state index in [4.69, 9.17) is 19.3 Å². The molecule has 0 aromatic rings. The molecule has 0 aliphatic heterocycles. The van der Waals surface area contributed by atoms with Gasteiger partial charge in [-0.05, 0) is 13.8 Å². The third-order valence-corrected chi connectivity index (χ3v) is 2.56. The van der Waals surface area contributed by atoms with Crippen molar-refractivity contribution in [1.29, 1.82) is 0 Å². The topological polar surface area (TPSA) is 102 Å². The van der Waals surface area contributed by atoms with Crippen LogP contribution in [0.2, 0.25) is 0 Å². The summed E-state index contributed by atoms with van der Waals surface area (Å²) in [5.41, 5.74) is -1.58. The standard InChI is InChI=1S/C13H23NO7/c1-10(15)20-8-6-14(5-7-19-4)9-11(16)21-13(2,3)12(17)18/h5-9H2,1-4H3,(H,17,18). The number of methoxy groups -OCH3 is 1. The van der Waals surface area contributed by atoms with Gasteiger partial charge in [0.1, 0.15) is 6.61 Å². The number of hydrogen-bond acceptors (Lipinski definition) is 7. The average molecular weight is 305 g/mol. The molecule has 0 amide bonds. The van der Waals surface area contributed by atoms with Crippen LogP contribution in [0.1, 0.15) is 20.8 Å². The Bertz CT molecular complexity index is 368. The Kier molecular flexibility index (Phi) is 8.56. The molecule has 0 saturated carbocycles. The largest absolute Gasteiger partial charge is 0.478 e. The lowest BCUT2D eigenvalue weighted by Crippen LogP contribution is -2.42. The lowest BCUT2D eigenvalue weighted by molar-refractivity contribution is -0.175. The molecular formula is C13H23NO7. The third kappa shape index (κ3) is 8.98. The van der Waals surface area contributed by atoms with Gasteiger partial charge >= 0.3 is 17.9 Å². The summed E-state index contributed by atoms with van der Waals surface area (Å²) in [6.07, 6.45) is 0. The number of rotatable bonds is 10. The Hall–Kier alpha value is -1.67. The van der Waals surface area contributed by atoms with Crippen LogP contribution in [0.15, 0.2) is 0 Å². The van der Waals surface area contributed by atoms with Crippen LogP contribution < -0.4 is 0 Å². The zero-order chi connectivity index (χ0) is 16.5. The maximum atomic E-state index is 11.8. The van der Waals surface area contributed by atoms with Crippen molar-refractivity contribution >= 4 is 17.9 Å². The number of ether oxygens (including phenoxy) is 3. The summed E-state index contributed by atoms with van der Waals surface area (Å²) in [6, 6.07) is 0. The summed E-state index contributed by atoms with van der Waals surface area (Å²) >= 11 is 0. The summed E-state index contributed by atoms with van der Waals surface area (Å²) in [6.45, 7) is 5.05. The van der Waals surface area contributed by atoms with Crippen LogP contribution in [0.4, 0.5) is 0 Å². The normalized spacial score (nSPS) is 11.3. The van der Waals surface area contributed by atoms with Crippen LogP contribution in [0.5, 0.6) is 0 Å². The fraction of sp³-hybridized carbons (Fsp3) is 0.769. The molecule has 0 radical (unpaired) electrons. The van der Waals surface area contributed by atoms with E-state index in [9.17, 15) is 14.4 Å². The van der Waals surface area contributed by atoms with E-state index in [1.807, 2.05) is 0 Å². The van der Waals surface area contributed by atoms with Crippen LogP contribution in [-0.4, -0.2) is 73.5 Å². The average Bonchev–Trinajstić information content (AvgIpc) is 2.34. The maximum Gasteiger partial charge on any atom is 0.347 e. The van der Waals surface area contributed by atoms with Gasteiger partial charge in [0.25, 0.3) is 0 Å². The Morgan fingerprint density at radius 1 is 1.14 bits per heavy atom. The van der Waals surface area contributed by atoms with Crippen LogP contribution >= 0.6 is 0 Å². The van der Waals surface area contributed by atoms with Crippen molar-refractivity contribution in [2.75, 3.05) is 40.0 Å². The zero-order valence-corrected chi connectivity index (χ0v) is 12.9. The van der Waals surface area contributed by atoms with Gasteiger partial charge in [-0.2, -0.15) is 0 Å². The van der Waals surface area contributed by atoms with E-state index in [1.54, 1.807) is 4.90 Å². The highest BCUT2D eigenvalue weighted by atomic mass is 16.6. The van der Waals surface area contributed by atoms with Gasteiger partial charge in [-0.3, -0.25) is 14.5 Å². The van der Waals surface area contributed by atoms with Crippen molar-refractivity contribution in [3.8, 4) is 0 Å². The van der Waals surface area contributed by atoms with Gasteiger partial charge < -0.3 is 19.3 Å². The lowest BCUT2D eigenvalue weighted by atomic mass is 10.1. The van der Waals surface area contributed by atoms with Gasteiger partial charge in [-0.25, -0.2) is 4.79 Å².